The molecule has 0 spiro atoms. The number of thioether (sulfide) groups is 1. The van der Waals surface area contributed by atoms with Crippen molar-refractivity contribution in [1.82, 2.24) is 0 Å². The van der Waals surface area contributed by atoms with Crippen LogP contribution in [0.3, 0.4) is 0 Å². The molecule has 0 N–H and O–H groups in total. The van der Waals surface area contributed by atoms with Gasteiger partial charge in [0, 0.05) is 23.6 Å². The first kappa shape index (κ1) is 30.0. The average Bonchev–Trinajstić information content (AvgIpc) is 2.87. The van der Waals surface area contributed by atoms with Crippen LogP contribution in [0, 0.1) is 23.5 Å². The minimum atomic E-state index is -5.29. The molecule has 2 aromatic rings. The van der Waals surface area contributed by atoms with Crippen LogP contribution in [-0.4, -0.2) is 24.6 Å². The molecule has 2 saturated carbocycles. The fourth-order valence-corrected chi connectivity index (χ4v) is 6.29. The monoisotopic (exact) mass is 578 g/mol. The fraction of sp³-hybridized carbons (Fsp3) is 0.586. The zero-order valence-corrected chi connectivity index (χ0v) is 22.5. The highest BCUT2D eigenvalue weighted by Gasteiger charge is 2.45. The SMILES string of the molecule is CCSc1ccc(C2CCC(COC3CCC(C(F)(F)Oc4cc(F)c(C(F)(F)F)c(F)c4)CC3)CC2)cc1. The van der Waals surface area contributed by atoms with Gasteiger partial charge < -0.3 is 9.47 Å². The van der Waals surface area contributed by atoms with E-state index >= 15 is 0 Å². The second-order valence-electron chi connectivity index (χ2n) is 10.5. The van der Waals surface area contributed by atoms with E-state index in [9.17, 15) is 30.7 Å². The summed E-state index contributed by atoms with van der Waals surface area (Å²) in [6.45, 7) is 2.72. The molecule has 0 radical (unpaired) electrons. The second-order valence-corrected chi connectivity index (χ2v) is 11.8. The molecule has 39 heavy (non-hydrogen) atoms. The number of hydrogen-bond donors (Lipinski definition) is 0. The Morgan fingerprint density at radius 1 is 0.821 bits per heavy atom. The first-order valence-corrected chi connectivity index (χ1v) is 14.4. The Balaban J connectivity index is 1.20. The lowest BCUT2D eigenvalue weighted by Gasteiger charge is -2.34. The van der Waals surface area contributed by atoms with Gasteiger partial charge in [0.1, 0.15) is 22.9 Å². The predicted molar refractivity (Wildman–Crippen MR) is 136 cm³/mol. The Bertz CT molecular complexity index is 1050. The summed E-state index contributed by atoms with van der Waals surface area (Å²) in [4.78, 5) is 1.28. The molecule has 0 heterocycles. The van der Waals surface area contributed by atoms with Crippen molar-refractivity contribution in [3.05, 3.63) is 59.2 Å². The molecule has 2 aliphatic carbocycles. The maximum atomic E-state index is 14.7. The summed E-state index contributed by atoms with van der Waals surface area (Å²) in [5.41, 5.74) is -0.761. The summed E-state index contributed by atoms with van der Waals surface area (Å²) in [6, 6.07) is 9.10. The number of rotatable bonds is 9. The van der Waals surface area contributed by atoms with Crippen LogP contribution in [0.4, 0.5) is 30.7 Å². The molecule has 2 aliphatic rings. The van der Waals surface area contributed by atoms with Crippen molar-refractivity contribution in [3.63, 3.8) is 0 Å². The third kappa shape index (κ3) is 7.84. The summed E-state index contributed by atoms with van der Waals surface area (Å²) < 4.78 is 106. The molecule has 0 bridgehead atoms. The lowest BCUT2D eigenvalue weighted by Crippen LogP contribution is -2.38. The predicted octanol–water partition coefficient (Wildman–Crippen LogP) is 9.62. The van der Waals surface area contributed by atoms with Gasteiger partial charge in [-0.25, -0.2) is 8.78 Å². The maximum absolute atomic E-state index is 14.7. The van der Waals surface area contributed by atoms with Crippen molar-refractivity contribution in [3.8, 4) is 5.75 Å². The van der Waals surface area contributed by atoms with E-state index in [0.29, 0.717) is 31.3 Å². The highest BCUT2D eigenvalue weighted by atomic mass is 32.2. The average molecular weight is 579 g/mol. The van der Waals surface area contributed by atoms with Gasteiger partial charge in [0.05, 0.1) is 12.0 Å². The Morgan fingerprint density at radius 3 is 1.95 bits per heavy atom. The Morgan fingerprint density at radius 2 is 1.41 bits per heavy atom. The minimum absolute atomic E-state index is 0.0717. The highest BCUT2D eigenvalue weighted by molar-refractivity contribution is 7.99. The van der Waals surface area contributed by atoms with Crippen molar-refractivity contribution in [2.24, 2.45) is 11.8 Å². The van der Waals surface area contributed by atoms with Gasteiger partial charge in [0.2, 0.25) is 0 Å². The third-order valence-electron chi connectivity index (χ3n) is 7.78. The van der Waals surface area contributed by atoms with Gasteiger partial charge in [-0.15, -0.1) is 11.8 Å². The van der Waals surface area contributed by atoms with E-state index in [1.165, 1.54) is 10.5 Å². The minimum Gasteiger partial charge on any atom is -0.432 e. The summed E-state index contributed by atoms with van der Waals surface area (Å²) in [5, 5.41) is 0. The summed E-state index contributed by atoms with van der Waals surface area (Å²) in [6.07, 6.45) is -4.01. The van der Waals surface area contributed by atoms with Crippen LogP contribution in [0.1, 0.15) is 75.3 Å². The molecule has 0 aromatic heterocycles. The van der Waals surface area contributed by atoms with Gasteiger partial charge in [-0.1, -0.05) is 19.1 Å². The van der Waals surface area contributed by atoms with Gasteiger partial charge in [-0.05, 0) is 86.7 Å². The highest BCUT2D eigenvalue weighted by Crippen LogP contribution is 2.42. The number of halogens is 7. The maximum Gasteiger partial charge on any atom is 0.422 e. The van der Waals surface area contributed by atoms with E-state index in [1.807, 2.05) is 11.8 Å². The van der Waals surface area contributed by atoms with Crippen LogP contribution in [0.5, 0.6) is 5.75 Å². The molecule has 0 aliphatic heterocycles. The molecule has 0 atom stereocenters. The molecular formula is C29H33F7O2S. The number of hydrogen-bond acceptors (Lipinski definition) is 3. The molecular weight excluding hydrogens is 545 g/mol. The smallest absolute Gasteiger partial charge is 0.422 e. The molecule has 216 valence electrons. The van der Waals surface area contributed by atoms with Crippen LogP contribution >= 0.6 is 11.8 Å². The van der Waals surface area contributed by atoms with E-state index in [1.54, 1.807) is 0 Å². The van der Waals surface area contributed by atoms with Crippen molar-refractivity contribution in [1.29, 1.82) is 0 Å². The van der Waals surface area contributed by atoms with Crippen molar-refractivity contribution in [2.45, 2.75) is 87.5 Å². The first-order valence-electron chi connectivity index (χ1n) is 13.4. The molecule has 2 fully saturated rings. The number of benzene rings is 2. The summed E-state index contributed by atoms with van der Waals surface area (Å²) in [7, 11) is 0. The quantitative estimate of drug-likeness (QED) is 0.218. The molecule has 2 nitrogen and oxygen atoms in total. The van der Waals surface area contributed by atoms with Gasteiger partial charge in [0.25, 0.3) is 0 Å². The summed E-state index contributed by atoms with van der Waals surface area (Å²) >= 11 is 1.83. The Labute approximate surface area is 228 Å². The number of alkyl halides is 5. The molecule has 4 rings (SSSR count). The zero-order chi connectivity index (χ0) is 28.2. The normalized spacial score (nSPS) is 24.5. The Kier molecular flexibility index (Phi) is 9.78. The lowest BCUT2D eigenvalue weighted by atomic mass is 9.79. The Hall–Kier alpha value is -1.94. The van der Waals surface area contributed by atoms with Crippen LogP contribution < -0.4 is 4.74 Å². The van der Waals surface area contributed by atoms with Crippen LogP contribution in [-0.2, 0) is 10.9 Å². The number of ether oxygens (including phenoxy) is 2. The summed E-state index contributed by atoms with van der Waals surface area (Å²) in [5.74, 6) is -4.18. The fourth-order valence-electron chi connectivity index (χ4n) is 5.62. The van der Waals surface area contributed by atoms with E-state index in [4.69, 9.17) is 4.74 Å². The third-order valence-corrected chi connectivity index (χ3v) is 8.67. The van der Waals surface area contributed by atoms with Crippen LogP contribution in [0.15, 0.2) is 41.3 Å². The standard InChI is InChI=1S/C29H33F7O2S/c1-2-39-24-13-7-20(8-14-24)19-5-3-18(4-6-19)17-37-22-11-9-21(10-12-22)29(35,36)38-23-15-25(30)27(26(31)16-23)28(32,33)34/h7-8,13-16,18-19,21-22H,2-6,9-12,17H2,1H3. The topological polar surface area (TPSA) is 18.5 Å². The van der Waals surface area contributed by atoms with E-state index in [-0.39, 0.29) is 31.1 Å². The van der Waals surface area contributed by atoms with Gasteiger partial charge in [-0.3, -0.25) is 0 Å². The molecule has 10 heteroatoms. The molecule has 2 aromatic carbocycles. The zero-order valence-electron chi connectivity index (χ0n) is 21.7. The van der Waals surface area contributed by atoms with E-state index in [0.717, 1.165) is 31.4 Å². The van der Waals surface area contributed by atoms with Gasteiger partial charge >= 0.3 is 12.3 Å². The van der Waals surface area contributed by atoms with Crippen LogP contribution in [0.2, 0.25) is 0 Å². The van der Waals surface area contributed by atoms with Crippen LogP contribution in [0.25, 0.3) is 0 Å². The largest absolute Gasteiger partial charge is 0.432 e. The van der Waals surface area contributed by atoms with Crippen molar-refractivity contribution < 1.29 is 40.2 Å². The first-order chi connectivity index (χ1) is 18.5. The van der Waals surface area contributed by atoms with Gasteiger partial charge in [0.15, 0.2) is 0 Å². The molecule has 0 amide bonds. The van der Waals surface area contributed by atoms with Crippen molar-refractivity contribution >= 4 is 11.8 Å². The lowest BCUT2D eigenvalue weighted by molar-refractivity contribution is -0.226. The molecule has 0 saturated heterocycles. The van der Waals surface area contributed by atoms with E-state index < -0.39 is 41.2 Å². The van der Waals surface area contributed by atoms with Crippen molar-refractivity contribution in [2.75, 3.05) is 12.4 Å². The van der Waals surface area contributed by atoms with Gasteiger partial charge in [-0.2, -0.15) is 22.0 Å². The second kappa shape index (κ2) is 12.7. The molecule has 0 unspecified atom stereocenters. The van der Waals surface area contributed by atoms with E-state index in [2.05, 4.69) is 35.9 Å².